The van der Waals surface area contributed by atoms with Crippen LogP contribution in [0, 0.1) is 12.8 Å². The Morgan fingerprint density at radius 1 is 1.23 bits per heavy atom. The Hall–Kier alpha value is -2.06. The lowest BCUT2D eigenvalue weighted by Gasteiger charge is -2.49. The summed E-state index contributed by atoms with van der Waals surface area (Å²) in [6, 6.07) is 7.90. The van der Waals surface area contributed by atoms with Crippen molar-refractivity contribution in [3.05, 3.63) is 48.0 Å². The van der Waals surface area contributed by atoms with Gasteiger partial charge in [0.1, 0.15) is 4.75 Å². The first-order valence-corrected chi connectivity index (χ1v) is 10.4. The van der Waals surface area contributed by atoms with Crippen LogP contribution in [0.1, 0.15) is 17.8 Å². The zero-order valence-corrected chi connectivity index (χ0v) is 15.5. The molecule has 0 amide bonds. The van der Waals surface area contributed by atoms with Crippen LogP contribution >= 0.6 is 0 Å². The Morgan fingerprint density at radius 3 is 2.81 bits per heavy atom. The van der Waals surface area contributed by atoms with E-state index in [2.05, 4.69) is 19.9 Å². The highest BCUT2D eigenvalue weighted by molar-refractivity contribution is 7.93. The smallest absolute Gasteiger partial charge is 0.316 e. The van der Waals surface area contributed by atoms with Crippen LogP contribution in [-0.2, 0) is 16.4 Å². The van der Waals surface area contributed by atoms with E-state index in [0.717, 1.165) is 11.4 Å². The zero-order valence-electron chi connectivity index (χ0n) is 14.7. The van der Waals surface area contributed by atoms with E-state index in [1.54, 1.807) is 18.5 Å². The minimum Gasteiger partial charge on any atom is -0.463 e. The van der Waals surface area contributed by atoms with Crippen molar-refractivity contribution in [1.82, 2.24) is 19.9 Å². The molecule has 2 aromatic heterocycles. The minimum atomic E-state index is -3.12. The predicted octanol–water partition coefficient (Wildman–Crippen LogP) is 1.25. The van der Waals surface area contributed by atoms with Gasteiger partial charge in [0.25, 0.3) is 0 Å². The van der Waals surface area contributed by atoms with Crippen molar-refractivity contribution in [3.63, 3.8) is 0 Å². The molecule has 7 nitrogen and oxygen atoms in total. The van der Waals surface area contributed by atoms with Gasteiger partial charge in [0.15, 0.2) is 9.84 Å². The van der Waals surface area contributed by atoms with Gasteiger partial charge in [-0.15, -0.1) is 0 Å². The number of sulfone groups is 1. The van der Waals surface area contributed by atoms with Crippen LogP contribution < -0.4 is 4.74 Å². The number of aromatic nitrogens is 3. The molecular weight excluding hydrogens is 352 g/mol. The molecular formula is C18H22N4O3S. The summed E-state index contributed by atoms with van der Waals surface area (Å²) in [6.45, 7) is 3.95. The molecule has 2 aliphatic heterocycles. The normalized spacial score (nSPS) is 23.7. The summed E-state index contributed by atoms with van der Waals surface area (Å²) < 4.78 is 30.4. The van der Waals surface area contributed by atoms with Crippen LogP contribution in [0.4, 0.5) is 0 Å². The first kappa shape index (κ1) is 17.4. The number of pyridine rings is 1. The first-order chi connectivity index (χ1) is 12.5. The van der Waals surface area contributed by atoms with E-state index in [0.29, 0.717) is 38.7 Å². The monoisotopic (exact) mass is 374 g/mol. The molecule has 1 spiro atoms. The van der Waals surface area contributed by atoms with Crippen LogP contribution in [0.2, 0.25) is 0 Å². The summed E-state index contributed by atoms with van der Waals surface area (Å²) >= 11 is 0. The molecule has 0 saturated carbocycles. The van der Waals surface area contributed by atoms with Gasteiger partial charge in [-0.3, -0.25) is 9.88 Å². The Bertz CT molecular complexity index is 882. The highest BCUT2D eigenvalue weighted by Crippen LogP contribution is 2.45. The fourth-order valence-corrected chi connectivity index (χ4v) is 6.38. The van der Waals surface area contributed by atoms with E-state index in [-0.39, 0.29) is 11.7 Å². The number of nitrogens with zero attached hydrogens (tertiary/aromatic N) is 4. The van der Waals surface area contributed by atoms with E-state index in [1.807, 2.05) is 25.1 Å². The second-order valence-corrected chi connectivity index (χ2v) is 9.58. The molecule has 2 saturated heterocycles. The van der Waals surface area contributed by atoms with Gasteiger partial charge >= 0.3 is 6.01 Å². The van der Waals surface area contributed by atoms with Gasteiger partial charge in [0, 0.05) is 43.6 Å². The molecule has 138 valence electrons. The van der Waals surface area contributed by atoms with E-state index in [4.69, 9.17) is 4.74 Å². The van der Waals surface area contributed by atoms with Gasteiger partial charge in [-0.1, -0.05) is 6.07 Å². The van der Waals surface area contributed by atoms with Crippen LogP contribution in [0.5, 0.6) is 6.01 Å². The summed E-state index contributed by atoms with van der Waals surface area (Å²) in [5, 5.41) is 0. The van der Waals surface area contributed by atoms with Gasteiger partial charge in [-0.25, -0.2) is 18.4 Å². The van der Waals surface area contributed by atoms with Gasteiger partial charge in [0.05, 0.1) is 18.1 Å². The van der Waals surface area contributed by atoms with Gasteiger partial charge in [0.2, 0.25) is 0 Å². The fourth-order valence-electron chi connectivity index (χ4n) is 3.92. The number of ether oxygens (including phenoxy) is 1. The zero-order chi connectivity index (χ0) is 18.2. The first-order valence-electron chi connectivity index (χ1n) is 8.75. The van der Waals surface area contributed by atoms with Crippen molar-refractivity contribution in [3.8, 4) is 6.01 Å². The van der Waals surface area contributed by atoms with Crippen LogP contribution in [0.25, 0.3) is 0 Å². The van der Waals surface area contributed by atoms with Crippen molar-refractivity contribution in [1.29, 1.82) is 0 Å². The van der Waals surface area contributed by atoms with E-state index in [1.165, 1.54) is 0 Å². The maximum atomic E-state index is 12.7. The lowest BCUT2D eigenvalue weighted by atomic mass is 9.83. The highest BCUT2D eigenvalue weighted by atomic mass is 32.2. The molecule has 1 unspecified atom stereocenters. The quantitative estimate of drug-likeness (QED) is 0.778. The highest BCUT2D eigenvalue weighted by Gasteiger charge is 2.61. The number of aryl methyl sites for hydroxylation is 1. The molecule has 2 aromatic rings. The number of hydrogen-bond acceptors (Lipinski definition) is 7. The largest absolute Gasteiger partial charge is 0.463 e. The Labute approximate surface area is 153 Å². The van der Waals surface area contributed by atoms with Gasteiger partial charge in [-0.05, 0) is 31.5 Å². The number of rotatable bonds is 5. The van der Waals surface area contributed by atoms with Crippen molar-refractivity contribution < 1.29 is 13.2 Å². The molecule has 4 rings (SSSR count). The molecule has 26 heavy (non-hydrogen) atoms. The number of likely N-dealkylation sites (tertiary alicyclic amines) is 1. The number of hydrogen-bond donors (Lipinski definition) is 0. The Balaban J connectivity index is 1.43. The SMILES string of the molecule is Cc1ccnc(OCC2CCS(=O)(=O)C23CN(Cc2ccccn2)C3)n1. The molecule has 0 bridgehead atoms. The summed E-state index contributed by atoms with van der Waals surface area (Å²) in [7, 11) is -3.12. The summed E-state index contributed by atoms with van der Waals surface area (Å²) in [4.78, 5) is 14.8. The molecule has 2 aliphatic rings. The predicted molar refractivity (Wildman–Crippen MR) is 96.4 cm³/mol. The second kappa shape index (κ2) is 6.59. The standard InChI is InChI=1S/C18H22N4O3S/c1-14-5-8-20-17(21-14)25-11-15-6-9-26(23,24)18(15)12-22(13-18)10-16-4-2-3-7-19-16/h2-5,7-8,15H,6,9-13H2,1H3. The molecule has 1 atom stereocenters. The molecule has 0 aromatic carbocycles. The van der Waals surface area contributed by atoms with Crippen LogP contribution in [-0.4, -0.2) is 58.5 Å². The minimum absolute atomic E-state index is 0.0309. The maximum absolute atomic E-state index is 12.7. The summed E-state index contributed by atoms with van der Waals surface area (Å²) in [5.41, 5.74) is 1.78. The second-order valence-electron chi connectivity index (χ2n) is 7.13. The molecule has 4 heterocycles. The molecule has 0 radical (unpaired) electrons. The lowest BCUT2D eigenvalue weighted by Crippen LogP contribution is -2.67. The molecule has 0 aliphatic carbocycles. The third-order valence-corrected chi connectivity index (χ3v) is 7.98. The van der Waals surface area contributed by atoms with Crippen molar-refractivity contribution >= 4 is 9.84 Å². The average molecular weight is 374 g/mol. The van der Waals surface area contributed by atoms with Crippen LogP contribution in [0.3, 0.4) is 0 Å². The summed E-state index contributed by atoms with van der Waals surface area (Å²) in [6.07, 6.45) is 4.04. The fraction of sp³-hybridized carbons (Fsp3) is 0.500. The van der Waals surface area contributed by atoms with Crippen molar-refractivity contribution in [2.24, 2.45) is 5.92 Å². The third kappa shape index (κ3) is 3.07. The maximum Gasteiger partial charge on any atom is 0.316 e. The summed E-state index contributed by atoms with van der Waals surface area (Å²) in [5.74, 6) is 0.198. The Morgan fingerprint density at radius 2 is 2.08 bits per heavy atom. The van der Waals surface area contributed by atoms with Crippen molar-refractivity contribution in [2.75, 3.05) is 25.4 Å². The molecule has 8 heteroatoms. The lowest BCUT2D eigenvalue weighted by molar-refractivity contribution is 0.0562. The van der Waals surface area contributed by atoms with E-state index < -0.39 is 14.6 Å². The third-order valence-electron chi connectivity index (χ3n) is 5.38. The van der Waals surface area contributed by atoms with Crippen LogP contribution in [0.15, 0.2) is 36.7 Å². The van der Waals surface area contributed by atoms with E-state index >= 15 is 0 Å². The topological polar surface area (TPSA) is 85.3 Å². The molecule has 0 N–H and O–H groups in total. The van der Waals surface area contributed by atoms with Gasteiger partial charge in [-0.2, -0.15) is 0 Å². The molecule has 2 fully saturated rings. The van der Waals surface area contributed by atoms with Crippen molar-refractivity contribution in [2.45, 2.75) is 24.6 Å². The average Bonchev–Trinajstić information content (AvgIpc) is 2.85. The van der Waals surface area contributed by atoms with E-state index in [9.17, 15) is 8.42 Å². The Kier molecular flexibility index (Phi) is 4.40. The van der Waals surface area contributed by atoms with Gasteiger partial charge < -0.3 is 4.74 Å².